The molecule has 212 valence electrons. The summed E-state index contributed by atoms with van der Waals surface area (Å²) in [6.45, 7) is 1.01. The summed E-state index contributed by atoms with van der Waals surface area (Å²) in [6.07, 6.45) is 14.8. The van der Waals surface area contributed by atoms with Gasteiger partial charge in [0.25, 0.3) is 11.7 Å². The number of nitrogens with zero attached hydrogens (tertiary/aromatic N) is 4. The summed E-state index contributed by atoms with van der Waals surface area (Å²) in [5.74, 6) is -2.19. The van der Waals surface area contributed by atoms with Crippen LogP contribution in [0.2, 0.25) is 0 Å². The predicted octanol–water partition coefficient (Wildman–Crippen LogP) is 3.79. The molecule has 2 aliphatic heterocycles. The van der Waals surface area contributed by atoms with E-state index in [2.05, 4.69) is 5.32 Å². The molecule has 0 radical (unpaired) electrons. The van der Waals surface area contributed by atoms with Crippen molar-refractivity contribution >= 4 is 23.9 Å². The minimum absolute atomic E-state index is 0.0854. The van der Waals surface area contributed by atoms with Gasteiger partial charge in [-0.1, -0.05) is 57.8 Å². The van der Waals surface area contributed by atoms with E-state index < -0.39 is 5.79 Å². The highest BCUT2D eigenvalue weighted by Crippen LogP contribution is 2.45. The summed E-state index contributed by atoms with van der Waals surface area (Å²) in [4.78, 5) is 62.0. The van der Waals surface area contributed by atoms with Crippen LogP contribution in [-0.2, 0) is 14.3 Å². The average molecular weight is 532 g/mol. The number of hydrogen-bond donors (Lipinski definition) is 1. The van der Waals surface area contributed by atoms with Gasteiger partial charge in [-0.25, -0.2) is 9.59 Å². The lowest BCUT2D eigenvalue weighted by molar-refractivity contribution is -0.158. The maximum atomic E-state index is 14.7. The molecule has 38 heavy (non-hydrogen) atoms. The number of methoxy groups -OCH3 is 1. The Kier molecular flexibility index (Phi) is 8.45. The van der Waals surface area contributed by atoms with Gasteiger partial charge in [-0.15, -0.1) is 0 Å². The van der Waals surface area contributed by atoms with Crippen LogP contribution in [0.15, 0.2) is 0 Å². The first-order chi connectivity index (χ1) is 18.5. The highest BCUT2D eigenvalue weighted by Gasteiger charge is 2.70. The Bertz CT molecular complexity index is 896. The lowest BCUT2D eigenvalue weighted by Gasteiger charge is -2.47. The van der Waals surface area contributed by atoms with Gasteiger partial charge in [0.1, 0.15) is 0 Å². The molecule has 0 aromatic rings. The SMILES string of the molecule is COC(=O)CCN1CCN(C(=O)NC2CCCCC2)C12C(=O)N(C1CCCCC1)C(=O)N2C1CCCCC1. The Morgan fingerprint density at radius 1 is 0.842 bits per heavy atom. The van der Waals surface area contributed by atoms with Crippen LogP contribution < -0.4 is 5.32 Å². The van der Waals surface area contributed by atoms with E-state index >= 15 is 0 Å². The number of esters is 1. The Labute approximate surface area is 226 Å². The number of rotatable bonds is 6. The van der Waals surface area contributed by atoms with Crippen LogP contribution in [-0.4, -0.2) is 94.2 Å². The molecule has 3 saturated carbocycles. The number of hydrogen-bond acceptors (Lipinski definition) is 6. The summed E-state index contributed by atoms with van der Waals surface area (Å²) in [5.41, 5.74) is 0. The number of amides is 5. The first kappa shape index (κ1) is 27.2. The van der Waals surface area contributed by atoms with Crippen molar-refractivity contribution in [2.24, 2.45) is 0 Å². The highest BCUT2D eigenvalue weighted by molar-refractivity contribution is 6.08. The molecule has 2 heterocycles. The maximum Gasteiger partial charge on any atom is 0.330 e. The summed E-state index contributed by atoms with van der Waals surface area (Å²) >= 11 is 0. The van der Waals surface area contributed by atoms with Gasteiger partial charge in [0.15, 0.2) is 0 Å². The minimum Gasteiger partial charge on any atom is -0.469 e. The Balaban J connectivity index is 1.54. The van der Waals surface area contributed by atoms with Gasteiger partial charge in [0.05, 0.1) is 13.5 Å². The van der Waals surface area contributed by atoms with Crippen LogP contribution in [0.1, 0.15) is 103 Å². The molecular weight excluding hydrogens is 486 g/mol. The molecular formula is C28H45N5O5. The Morgan fingerprint density at radius 3 is 2.03 bits per heavy atom. The Hall–Kier alpha value is -2.36. The van der Waals surface area contributed by atoms with Crippen LogP contribution in [0.25, 0.3) is 0 Å². The summed E-state index contributed by atoms with van der Waals surface area (Å²) in [5, 5.41) is 3.22. The van der Waals surface area contributed by atoms with Crippen LogP contribution in [0.5, 0.6) is 0 Å². The molecule has 2 saturated heterocycles. The monoisotopic (exact) mass is 531 g/mol. The van der Waals surface area contributed by atoms with Gasteiger partial charge >= 0.3 is 18.0 Å². The predicted molar refractivity (Wildman–Crippen MR) is 141 cm³/mol. The van der Waals surface area contributed by atoms with E-state index in [1.807, 2.05) is 4.90 Å². The standard InChI is InChI=1S/C28H45N5O5/c1-38-24(34)17-18-30-19-20-31(26(36)29-21-11-5-2-6-12-21)28(30)25(35)32(22-13-7-3-8-14-22)27(37)33(28)23-15-9-4-10-16-23/h21-23H,2-20H2,1H3,(H,29,36). The van der Waals surface area contributed by atoms with Crippen molar-refractivity contribution in [1.82, 2.24) is 24.9 Å². The molecule has 1 N–H and O–H groups in total. The molecule has 0 aromatic carbocycles. The van der Waals surface area contributed by atoms with Gasteiger partial charge < -0.3 is 10.1 Å². The van der Waals surface area contributed by atoms with Crippen LogP contribution >= 0.6 is 0 Å². The molecule has 1 spiro atoms. The molecule has 5 aliphatic rings. The molecule has 10 heteroatoms. The fourth-order valence-electron chi connectivity index (χ4n) is 7.59. The molecule has 1 unspecified atom stereocenters. The molecule has 1 atom stereocenters. The third-order valence-electron chi connectivity index (χ3n) is 9.54. The largest absolute Gasteiger partial charge is 0.469 e. The van der Waals surface area contributed by atoms with E-state index in [9.17, 15) is 19.2 Å². The van der Waals surface area contributed by atoms with Crippen molar-refractivity contribution in [2.45, 2.75) is 127 Å². The van der Waals surface area contributed by atoms with Crippen LogP contribution in [0.4, 0.5) is 9.59 Å². The summed E-state index contributed by atoms with van der Waals surface area (Å²) in [7, 11) is 1.36. The number of carbonyl (C=O) groups is 4. The van der Waals surface area contributed by atoms with Gasteiger partial charge in [-0.3, -0.25) is 29.2 Å². The lowest BCUT2D eigenvalue weighted by atomic mass is 9.93. The number of imide groups is 1. The smallest absolute Gasteiger partial charge is 0.330 e. The van der Waals surface area contributed by atoms with Gasteiger partial charge in [-0.05, 0) is 38.5 Å². The molecule has 0 aromatic heterocycles. The highest BCUT2D eigenvalue weighted by atomic mass is 16.5. The molecule has 10 nitrogen and oxygen atoms in total. The summed E-state index contributed by atoms with van der Waals surface area (Å²) < 4.78 is 4.91. The van der Waals surface area contributed by atoms with E-state index in [0.29, 0.717) is 13.1 Å². The molecule has 5 fully saturated rings. The van der Waals surface area contributed by atoms with Crippen molar-refractivity contribution < 1.29 is 23.9 Å². The first-order valence-corrected chi connectivity index (χ1v) is 15.1. The van der Waals surface area contributed by atoms with Gasteiger partial charge in [0.2, 0.25) is 0 Å². The van der Waals surface area contributed by atoms with E-state index in [1.165, 1.54) is 18.4 Å². The lowest BCUT2D eigenvalue weighted by Crippen LogP contribution is -2.71. The average Bonchev–Trinajstić information content (AvgIpc) is 3.43. The fourth-order valence-corrected chi connectivity index (χ4v) is 7.59. The van der Waals surface area contributed by atoms with E-state index in [1.54, 1.807) is 9.80 Å². The van der Waals surface area contributed by atoms with Crippen LogP contribution in [0, 0.1) is 0 Å². The number of nitrogens with one attached hydrogen (secondary N) is 1. The third kappa shape index (κ3) is 4.89. The normalized spacial score (nSPS) is 28.5. The summed E-state index contributed by atoms with van der Waals surface area (Å²) in [6, 6.07) is -0.695. The second-order valence-electron chi connectivity index (χ2n) is 11.8. The molecule has 5 amide bonds. The van der Waals surface area contributed by atoms with Gasteiger partial charge in [0, 0.05) is 37.8 Å². The minimum atomic E-state index is -1.52. The number of urea groups is 2. The second-order valence-corrected chi connectivity index (χ2v) is 11.8. The quantitative estimate of drug-likeness (QED) is 0.413. The zero-order valence-corrected chi connectivity index (χ0v) is 23.0. The number of carbonyl (C=O) groups excluding carboxylic acids is 4. The van der Waals surface area contributed by atoms with E-state index in [0.717, 1.165) is 89.9 Å². The van der Waals surface area contributed by atoms with E-state index in [4.69, 9.17) is 4.74 Å². The third-order valence-corrected chi connectivity index (χ3v) is 9.54. The fraction of sp³-hybridized carbons (Fsp3) is 0.857. The molecule has 0 bridgehead atoms. The maximum absolute atomic E-state index is 14.7. The van der Waals surface area contributed by atoms with Crippen molar-refractivity contribution in [3.63, 3.8) is 0 Å². The van der Waals surface area contributed by atoms with Crippen molar-refractivity contribution in [2.75, 3.05) is 26.7 Å². The number of ether oxygens (including phenoxy) is 1. The van der Waals surface area contributed by atoms with Crippen molar-refractivity contribution in [3.8, 4) is 0 Å². The van der Waals surface area contributed by atoms with E-state index in [-0.39, 0.29) is 55.0 Å². The molecule has 3 aliphatic carbocycles. The zero-order chi connectivity index (χ0) is 26.7. The first-order valence-electron chi connectivity index (χ1n) is 15.1. The van der Waals surface area contributed by atoms with Gasteiger partial charge in [-0.2, -0.15) is 0 Å². The van der Waals surface area contributed by atoms with Crippen molar-refractivity contribution in [1.29, 1.82) is 0 Å². The van der Waals surface area contributed by atoms with Crippen molar-refractivity contribution in [3.05, 3.63) is 0 Å². The zero-order valence-electron chi connectivity index (χ0n) is 23.0. The molecule has 5 rings (SSSR count). The van der Waals surface area contributed by atoms with Crippen LogP contribution in [0.3, 0.4) is 0 Å². The second kappa shape index (κ2) is 11.8. The topological polar surface area (TPSA) is 102 Å². The Morgan fingerprint density at radius 2 is 1.42 bits per heavy atom.